The summed E-state index contributed by atoms with van der Waals surface area (Å²) in [5.41, 5.74) is -1.73. The van der Waals surface area contributed by atoms with Crippen molar-refractivity contribution >= 4 is 16.7 Å². The van der Waals surface area contributed by atoms with E-state index in [1.165, 1.54) is 0 Å². The van der Waals surface area contributed by atoms with E-state index in [1.54, 1.807) is 6.92 Å². The second-order valence-corrected chi connectivity index (χ2v) is 3.68. The van der Waals surface area contributed by atoms with Crippen molar-refractivity contribution in [3.05, 3.63) is 33.6 Å². The molecule has 1 N–H and O–H groups in total. The number of hydrogen-bond donors (Lipinski definition) is 1. The lowest BCUT2D eigenvalue weighted by Crippen LogP contribution is -2.05. The van der Waals surface area contributed by atoms with Crippen molar-refractivity contribution in [2.45, 2.75) is 19.5 Å². The molecular weight excluding hydrogens is 251 g/mol. The number of nitrogens with zero attached hydrogens (tertiary/aromatic N) is 2. The van der Waals surface area contributed by atoms with Crippen LogP contribution < -0.4 is 0 Å². The van der Waals surface area contributed by atoms with Gasteiger partial charge in [-0.05, 0) is 6.07 Å². The quantitative estimate of drug-likeness (QED) is 0.665. The largest absolute Gasteiger partial charge is 0.416 e. The van der Waals surface area contributed by atoms with Crippen molar-refractivity contribution < 1.29 is 18.1 Å². The molecule has 0 aliphatic heterocycles. The van der Waals surface area contributed by atoms with Gasteiger partial charge >= 0.3 is 6.18 Å². The lowest BCUT2D eigenvalue weighted by molar-refractivity contribution is -0.383. The van der Waals surface area contributed by atoms with Gasteiger partial charge in [-0.3, -0.25) is 10.1 Å². The highest BCUT2D eigenvalue weighted by Gasteiger charge is 2.34. The fourth-order valence-electron chi connectivity index (χ4n) is 1.62. The average molecular weight is 259 g/mol. The van der Waals surface area contributed by atoms with Gasteiger partial charge < -0.3 is 4.98 Å². The highest BCUT2D eigenvalue weighted by molar-refractivity contribution is 5.85. The van der Waals surface area contributed by atoms with Crippen molar-refractivity contribution in [1.82, 2.24) is 9.97 Å². The zero-order valence-corrected chi connectivity index (χ0v) is 9.21. The lowest BCUT2D eigenvalue weighted by atomic mass is 10.1. The molecule has 1 aromatic carbocycles. The highest BCUT2D eigenvalue weighted by atomic mass is 19.4. The molecule has 18 heavy (non-hydrogen) atoms. The summed E-state index contributed by atoms with van der Waals surface area (Å²) in [4.78, 5) is 16.5. The first kappa shape index (κ1) is 12.3. The predicted molar refractivity (Wildman–Crippen MR) is 57.1 cm³/mol. The Kier molecular flexibility index (Phi) is 2.72. The molecule has 0 unspecified atom stereocenters. The molecule has 0 atom stereocenters. The third kappa shape index (κ3) is 2.01. The van der Waals surface area contributed by atoms with Gasteiger partial charge in [0.1, 0.15) is 5.82 Å². The molecular formula is C10H8F3N3O2. The Labute approximate surface area is 98.8 Å². The molecule has 5 nitrogen and oxygen atoms in total. The van der Waals surface area contributed by atoms with E-state index in [4.69, 9.17) is 0 Å². The Hall–Kier alpha value is -2.12. The third-order valence-electron chi connectivity index (χ3n) is 2.47. The van der Waals surface area contributed by atoms with Crippen LogP contribution in [0.2, 0.25) is 0 Å². The van der Waals surface area contributed by atoms with Gasteiger partial charge in [-0.25, -0.2) is 4.98 Å². The summed E-state index contributed by atoms with van der Waals surface area (Å²) in [6.45, 7) is 1.74. The van der Waals surface area contributed by atoms with Gasteiger partial charge in [0, 0.05) is 12.5 Å². The number of nitrogens with one attached hydrogen (secondary N) is 1. The maximum Gasteiger partial charge on any atom is 0.416 e. The molecule has 0 aliphatic rings. The van der Waals surface area contributed by atoms with Crippen LogP contribution >= 0.6 is 0 Å². The second kappa shape index (κ2) is 3.97. The number of H-pyrrole nitrogens is 1. The van der Waals surface area contributed by atoms with Crippen LogP contribution in [0.25, 0.3) is 11.0 Å². The monoisotopic (exact) mass is 259 g/mol. The van der Waals surface area contributed by atoms with E-state index in [0.717, 1.165) is 6.07 Å². The summed E-state index contributed by atoms with van der Waals surface area (Å²) in [5, 5.41) is 10.8. The maximum atomic E-state index is 12.6. The Balaban J connectivity index is 2.76. The number of hydrogen-bond acceptors (Lipinski definition) is 3. The third-order valence-corrected chi connectivity index (χ3v) is 2.47. The summed E-state index contributed by atoms with van der Waals surface area (Å²) in [6, 6.07) is 1.33. The molecule has 1 heterocycles. The van der Waals surface area contributed by atoms with Gasteiger partial charge in [0.15, 0.2) is 5.52 Å². The lowest BCUT2D eigenvalue weighted by Gasteiger charge is -2.05. The number of aromatic nitrogens is 2. The van der Waals surface area contributed by atoms with Crippen molar-refractivity contribution in [2.75, 3.05) is 0 Å². The smallest absolute Gasteiger partial charge is 0.342 e. The van der Waals surface area contributed by atoms with E-state index in [1.807, 2.05) is 0 Å². The SMILES string of the molecule is CCc1nc2c([N+](=O)[O-])cc(C(F)(F)F)cc2[nH]1. The number of halogens is 3. The van der Waals surface area contributed by atoms with Crippen LogP contribution in [0, 0.1) is 10.1 Å². The van der Waals surface area contributed by atoms with Gasteiger partial charge in [-0.15, -0.1) is 0 Å². The van der Waals surface area contributed by atoms with Crippen LogP contribution in [0.4, 0.5) is 18.9 Å². The number of aryl methyl sites for hydroxylation is 1. The van der Waals surface area contributed by atoms with E-state index >= 15 is 0 Å². The van der Waals surface area contributed by atoms with Crippen LogP contribution in [-0.2, 0) is 12.6 Å². The predicted octanol–water partition coefficient (Wildman–Crippen LogP) is 3.05. The minimum absolute atomic E-state index is 0.0216. The first-order chi connectivity index (χ1) is 8.32. The molecule has 1 aromatic heterocycles. The minimum atomic E-state index is -4.63. The Bertz CT molecular complexity index is 619. The van der Waals surface area contributed by atoms with E-state index in [0.29, 0.717) is 18.3 Å². The van der Waals surface area contributed by atoms with Gasteiger partial charge in [0.05, 0.1) is 16.0 Å². The van der Waals surface area contributed by atoms with Crippen molar-refractivity contribution in [1.29, 1.82) is 0 Å². The second-order valence-electron chi connectivity index (χ2n) is 3.68. The normalized spacial score (nSPS) is 12.0. The Morgan fingerprint density at radius 3 is 2.61 bits per heavy atom. The summed E-state index contributed by atoms with van der Waals surface area (Å²) < 4.78 is 37.8. The van der Waals surface area contributed by atoms with Gasteiger partial charge in [-0.2, -0.15) is 13.2 Å². The molecule has 0 spiro atoms. The van der Waals surface area contributed by atoms with Crippen LogP contribution in [0.3, 0.4) is 0 Å². The summed E-state index contributed by atoms with van der Waals surface area (Å²) in [7, 11) is 0. The van der Waals surface area contributed by atoms with E-state index in [-0.39, 0.29) is 11.0 Å². The number of benzene rings is 1. The molecule has 0 aliphatic carbocycles. The van der Waals surface area contributed by atoms with Crippen LogP contribution in [0.5, 0.6) is 0 Å². The fourth-order valence-corrected chi connectivity index (χ4v) is 1.62. The Morgan fingerprint density at radius 1 is 1.44 bits per heavy atom. The molecule has 96 valence electrons. The van der Waals surface area contributed by atoms with E-state index in [9.17, 15) is 23.3 Å². The molecule has 0 radical (unpaired) electrons. The number of imidazole rings is 1. The number of alkyl halides is 3. The van der Waals surface area contributed by atoms with Crippen molar-refractivity contribution in [3.63, 3.8) is 0 Å². The molecule has 0 amide bonds. The zero-order valence-electron chi connectivity index (χ0n) is 9.21. The highest BCUT2D eigenvalue weighted by Crippen LogP contribution is 2.35. The number of fused-ring (bicyclic) bond motifs is 1. The number of rotatable bonds is 2. The first-order valence-corrected chi connectivity index (χ1v) is 5.07. The number of nitro benzene ring substituents is 1. The molecule has 0 fully saturated rings. The molecule has 2 rings (SSSR count). The number of aromatic amines is 1. The van der Waals surface area contributed by atoms with Gasteiger partial charge in [0.25, 0.3) is 5.69 Å². The van der Waals surface area contributed by atoms with Crippen LogP contribution in [0.1, 0.15) is 18.3 Å². The van der Waals surface area contributed by atoms with Gasteiger partial charge in [0.2, 0.25) is 0 Å². The van der Waals surface area contributed by atoms with Gasteiger partial charge in [-0.1, -0.05) is 6.92 Å². The van der Waals surface area contributed by atoms with E-state index in [2.05, 4.69) is 9.97 Å². The number of nitro groups is 1. The molecule has 0 saturated carbocycles. The van der Waals surface area contributed by atoms with E-state index < -0.39 is 22.4 Å². The molecule has 0 bridgehead atoms. The standard InChI is InChI=1S/C10H8F3N3O2/c1-2-8-14-6-3-5(10(11,12)13)4-7(16(17)18)9(6)15-8/h3-4H,2H2,1H3,(H,14,15). The molecule has 8 heteroatoms. The average Bonchev–Trinajstić information content (AvgIpc) is 2.68. The Morgan fingerprint density at radius 2 is 2.11 bits per heavy atom. The minimum Gasteiger partial charge on any atom is -0.342 e. The fraction of sp³-hybridized carbons (Fsp3) is 0.300. The summed E-state index contributed by atoms with van der Waals surface area (Å²) >= 11 is 0. The maximum absolute atomic E-state index is 12.6. The summed E-state index contributed by atoms with van der Waals surface area (Å²) in [6.07, 6.45) is -4.18. The van der Waals surface area contributed by atoms with Crippen molar-refractivity contribution in [2.24, 2.45) is 0 Å². The first-order valence-electron chi connectivity index (χ1n) is 5.07. The number of non-ortho nitro benzene ring substituents is 1. The van der Waals surface area contributed by atoms with Crippen LogP contribution in [0.15, 0.2) is 12.1 Å². The van der Waals surface area contributed by atoms with Crippen molar-refractivity contribution in [3.8, 4) is 0 Å². The molecule has 0 saturated heterocycles. The van der Waals surface area contributed by atoms with Crippen LogP contribution in [-0.4, -0.2) is 14.9 Å². The topological polar surface area (TPSA) is 71.8 Å². The zero-order chi connectivity index (χ0) is 13.5. The summed E-state index contributed by atoms with van der Waals surface area (Å²) in [5.74, 6) is 0.410. The molecule has 2 aromatic rings.